The van der Waals surface area contributed by atoms with Crippen molar-refractivity contribution in [2.45, 2.75) is 32.9 Å². The van der Waals surface area contributed by atoms with Crippen LogP contribution in [0.1, 0.15) is 31.0 Å². The minimum atomic E-state index is 0.417. The summed E-state index contributed by atoms with van der Waals surface area (Å²) in [5, 5.41) is 8.03. The summed E-state index contributed by atoms with van der Waals surface area (Å²) in [6, 6.07) is 9.22. The van der Waals surface area contributed by atoms with Crippen molar-refractivity contribution in [1.29, 1.82) is 0 Å². The van der Waals surface area contributed by atoms with Crippen LogP contribution in [0.4, 0.5) is 0 Å². The molecule has 1 aromatic carbocycles. The molecular formula is C15H19N3. The molecule has 0 bridgehead atoms. The molecule has 0 amide bonds. The van der Waals surface area contributed by atoms with E-state index in [1.165, 1.54) is 16.7 Å². The normalized spacial score (nSPS) is 14.8. The van der Waals surface area contributed by atoms with Crippen molar-refractivity contribution in [3.63, 3.8) is 0 Å². The first-order valence-electron chi connectivity index (χ1n) is 6.62. The molecule has 0 spiro atoms. The number of aromatic nitrogens is 2. The monoisotopic (exact) mass is 241 g/mol. The fourth-order valence-electron chi connectivity index (χ4n) is 2.42. The van der Waals surface area contributed by atoms with Gasteiger partial charge in [0, 0.05) is 24.3 Å². The van der Waals surface area contributed by atoms with Gasteiger partial charge in [0.1, 0.15) is 0 Å². The second-order valence-corrected chi connectivity index (χ2v) is 5.19. The third-order valence-electron chi connectivity index (χ3n) is 3.53. The number of nitrogens with one attached hydrogen (secondary N) is 1. The number of hydrogen-bond acceptors (Lipinski definition) is 2. The van der Waals surface area contributed by atoms with E-state index in [4.69, 9.17) is 0 Å². The second-order valence-electron chi connectivity index (χ2n) is 5.19. The molecule has 3 heteroatoms. The Hall–Kier alpha value is -1.61. The maximum atomic E-state index is 4.63. The Bertz CT molecular complexity index is 555. The van der Waals surface area contributed by atoms with Gasteiger partial charge in [-0.3, -0.25) is 4.68 Å². The van der Waals surface area contributed by atoms with Gasteiger partial charge in [-0.2, -0.15) is 5.10 Å². The maximum absolute atomic E-state index is 4.63. The summed E-state index contributed by atoms with van der Waals surface area (Å²) in [5.74, 6) is 0. The first-order chi connectivity index (χ1) is 8.74. The highest BCUT2D eigenvalue weighted by atomic mass is 15.3. The smallest absolute Gasteiger partial charge is 0.0923 e. The van der Waals surface area contributed by atoms with E-state index in [0.717, 1.165) is 25.2 Å². The Kier molecular flexibility index (Phi) is 2.92. The van der Waals surface area contributed by atoms with E-state index in [9.17, 15) is 0 Å². The van der Waals surface area contributed by atoms with Crippen LogP contribution < -0.4 is 5.32 Å². The summed E-state index contributed by atoms with van der Waals surface area (Å²) in [4.78, 5) is 0. The van der Waals surface area contributed by atoms with Gasteiger partial charge in [0.15, 0.2) is 0 Å². The molecule has 1 N–H and O–H groups in total. The SMILES string of the molecule is CC(C)n1ccc(-c2ccc3c(c2)CCNC3)n1. The molecule has 1 aliphatic rings. The van der Waals surface area contributed by atoms with Crippen molar-refractivity contribution >= 4 is 0 Å². The van der Waals surface area contributed by atoms with Gasteiger partial charge in [-0.1, -0.05) is 12.1 Å². The van der Waals surface area contributed by atoms with Gasteiger partial charge in [-0.05, 0) is 50.1 Å². The molecule has 3 nitrogen and oxygen atoms in total. The molecule has 0 fully saturated rings. The predicted molar refractivity (Wildman–Crippen MR) is 73.5 cm³/mol. The highest BCUT2D eigenvalue weighted by molar-refractivity contribution is 5.61. The van der Waals surface area contributed by atoms with E-state index in [2.05, 4.69) is 54.7 Å². The molecule has 2 heterocycles. The number of nitrogens with zero attached hydrogens (tertiary/aromatic N) is 2. The molecule has 0 saturated carbocycles. The quantitative estimate of drug-likeness (QED) is 0.876. The van der Waals surface area contributed by atoms with Gasteiger partial charge < -0.3 is 5.32 Å². The van der Waals surface area contributed by atoms with Crippen LogP contribution in [0.3, 0.4) is 0 Å². The zero-order valence-corrected chi connectivity index (χ0v) is 11.0. The molecular weight excluding hydrogens is 222 g/mol. The standard InChI is InChI=1S/C15H19N3/c1-11(2)18-8-6-15(17-18)13-3-4-14-10-16-7-5-12(14)9-13/h3-4,6,8-9,11,16H,5,7,10H2,1-2H3. The molecule has 18 heavy (non-hydrogen) atoms. The van der Waals surface area contributed by atoms with Crippen molar-refractivity contribution < 1.29 is 0 Å². The number of rotatable bonds is 2. The van der Waals surface area contributed by atoms with Gasteiger partial charge >= 0.3 is 0 Å². The Balaban J connectivity index is 1.95. The summed E-state index contributed by atoms with van der Waals surface area (Å²) in [7, 11) is 0. The van der Waals surface area contributed by atoms with E-state index in [0.29, 0.717) is 6.04 Å². The summed E-state index contributed by atoms with van der Waals surface area (Å²) in [6.07, 6.45) is 3.18. The minimum Gasteiger partial charge on any atom is -0.312 e. The summed E-state index contributed by atoms with van der Waals surface area (Å²) in [5.41, 5.74) is 5.19. The van der Waals surface area contributed by atoms with Gasteiger partial charge in [-0.15, -0.1) is 0 Å². The molecule has 0 aliphatic carbocycles. The van der Waals surface area contributed by atoms with Crippen molar-refractivity contribution in [2.75, 3.05) is 6.54 Å². The summed E-state index contributed by atoms with van der Waals surface area (Å²) >= 11 is 0. The van der Waals surface area contributed by atoms with Gasteiger partial charge in [-0.25, -0.2) is 0 Å². The van der Waals surface area contributed by atoms with E-state index in [1.807, 2.05) is 4.68 Å². The molecule has 1 aromatic heterocycles. The van der Waals surface area contributed by atoms with E-state index in [1.54, 1.807) is 0 Å². The third kappa shape index (κ3) is 2.06. The van der Waals surface area contributed by atoms with Crippen molar-refractivity contribution in [2.24, 2.45) is 0 Å². The fourth-order valence-corrected chi connectivity index (χ4v) is 2.42. The van der Waals surface area contributed by atoms with Crippen molar-refractivity contribution in [3.8, 4) is 11.3 Å². The molecule has 0 atom stereocenters. The van der Waals surface area contributed by atoms with Crippen LogP contribution in [0.25, 0.3) is 11.3 Å². The van der Waals surface area contributed by atoms with Crippen LogP contribution in [-0.4, -0.2) is 16.3 Å². The summed E-state index contributed by atoms with van der Waals surface area (Å²) < 4.78 is 2.01. The molecule has 0 radical (unpaired) electrons. The largest absolute Gasteiger partial charge is 0.312 e. The fraction of sp³-hybridized carbons (Fsp3) is 0.400. The van der Waals surface area contributed by atoms with Crippen LogP contribution in [-0.2, 0) is 13.0 Å². The lowest BCUT2D eigenvalue weighted by molar-refractivity contribution is 0.534. The van der Waals surface area contributed by atoms with Gasteiger partial charge in [0.05, 0.1) is 5.69 Å². The zero-order chi connectivity index (χ0) is 12.5. The first kappa shape index (κ1) is 11.5. The lowest BCUT2D eigenvalue weighted by Gasteiger charge is -2.17. The molecule has 0 saturated heterocycles. The number of benzene rings is 1. The Morgan fingerprint density at radius 1 is 1.22 bits per heavy atom. The van der Waals surface area contributed by atoms with Crippen molar-refractivity contribution in [1.82, 2.24) is 15.1 Å². The van der Waals surface area contributed by atoms with Crippen LogP contribution >= 0.6 is 0 Å². The topological polar surface area (TPSA) is 29.9 Å². The maximum Gasteiger partial charge on any atom is 0.0923 e. The minimum absolute atomic E-state index is 0.417. The molecule has 1 aliphatic heterocycles. The number of fused-ring (bicyclic) bond motifs is 1. The zero-order valence-electron chi connectivity index (χ0n) is 11.0. The average molecular weight is 241 g/mol. The Morgan fingerprint density at radius 3 is 2.89 bits per heavy atom. The van der Waals surface area contributed by atoms with Gasteiger partial charge in [0.25, 0.3) is 0 Å². The van der Waals surface area contributed by atoms with Crippen LogP contribution in [0.2, 0.25) is 0 Å². The highest BCUT2D eigenvalue weighted by Crippen LogP contribution is 2.23. The summed E-state index contributed by atoms with van der Waals surface area (Å²) in [6.45, 7) is 6.37. The molecule has 2 aromatic rings. The Morgan fingerprint density at radius 2 is 2.11 bits per heavy atom. The molecule has 94 valence electrons. The predicted octanol–water partition coefficient (Wildman–Crippen LogP) is 2.78. The third-order valence-corrected chi connectivity index (χ3v) is 3.53. The van der Waals surface area contributed by atoms with E-state index in [-0.39, 0.29) is 0 Å². The van der Waals surface area contributed by atoms with Crippen LogP contribution in [0.5, 0.6) is 0 Å². The van der Waals surface area contributed by atoms with Crippen molar-refractivity contribution in [3.05, 3.63) is 41.6 Å². The lowest BCUT2D eigenvalue weighted by Crippen LogP contribution is -2.23. The van der Waals surface area contributed by atoms with Crippen LogP contribution in [0, 0.1) is 0 Å². The first-order valence-corrected chi connectivity index (χ1v) is 6.62. The Labute approximate surface area is 108 Å². The molecule has 0 unspecified atom stereocenters. The van der Waals surface area contributed by atoms with E-state index >= 15 is 0 Å². The molecule has 3 rings (SSSR count). The average Bonchev–Trinajstić information content (AvgIpc) is 2.88. The van der Waals surface area contributed by atoms with E-state index < -0.39 is 0 Å². The van der Waals surface area contributed by atoms with Crippen LogP contribution in [0.15, 0.2) is 30.5 Å². The van der Waals surface area contributed by atoms with Gasteiger partial charge in [0.2, 0.25) is 0 Å². The second kappa shape index (κ2) is 4.58. The number of hydrogen-bond donors (Lipinski definition) is 1. The highest BCUT2D eigenvalue weighted by Gasteiger charge is 2.11. The lowest BCUT2D eigenvalue weighted by atomic mass is 9.97.